The van der Waals surface area contributed by atoms with Gasteiger partial charge in [0, 0.05) is 18.6 Å². The number of carboxylic acid groups (broad SMARTS) is 1. The Hall–Kier alpha value is -2.11. The molecule has 2 heterocycles. The quantitative estimate of drug-likeness (QED) is 0.903. The summed E-state index contributed by atoms with van der Waals surface area (Å²) >= 11 is 0. The standard InChI is InChI=1S/C13H15N3O3/c1-7-9-8(13(4-5-13)11(17)18)6-16(2)10(9)15-12(14-7)19-3/h6H,4-5H2,1-3H3,(H,17,18). The zero-order valence-corrected chi connectivity index (χ0v) is 11.1. The number of carbonyl (C=O) groups is 1. The molecule has 19 heavy (non-hydrogen) atoms. The Morgan fingerprint density at radius 3 is 2.68 bits per heavy atom. The average molecular weight is 261 g/mol. The first-order valence-corrected chi connectivity index (χ1v) is 6.11. The number of carboxylic acids is 1. The number of fused-ring (bicyclic) bond motifs is 1. The molecule has 0 aromatic carbocycles. The van der Waals surface area contributed by atoms with E-state index in [4.69, 9.17) is 4.74 Å². The molecule has 1 aliphatic carbocycles. The normalized spacial score (nSPS) is 16.6. The summed E-state index contributed by atoms with van der Waals surface area (Å²) in [4.78, 5) is 20.1. The summed E-state index contributed by atoms with van der Waals surface area (Å²) < 4.78 is 6.90. The smallest absolute Gasteiger partial charge is 0.318 e. The van der Waals surface area contributed by atoms with Crippen LogP contribution in [0.1, 0.15) is 24.1 Å². The van der Waals surface area contributed by atoms with Crippen molar-refractivity contribution in [1.82, 2.24) is 14.5 Å². The van der Waals surface area contributed by atoms with Crippen LogP contribution >= 0.6 is 0 Å². The van der Waals surface area contributed by atoms with Crippen LogP contribution in [0.15, 0.2) is 6.20 Å². The first kappa shape index (κ1) is 12.0. The van der Waals surface area contributed by atoms with Crippen molar-refractivity contribution in [2.24, 2.45) is 7.05 Å². The summed E-state index contributed by atoms with van der Waals surface area (Å²) in [5, 5.41) is 10.3. The van der Waals surface area contributed by atoms with Crippen LogP contribution in [-0.2, 0) is 17.3 Å². The molecule has 1 N–H and O–H groups in total. The molecule has 2 aromatic rings. The van der Waals surface area contributed by atoms with Gasteiger partial charge in [-0.1, -0.05) is 0 Å². The van der Waals surface area contributed by atoms with Crippen LogP contribution in [0, 0.1) is 6.92 Å². The number of aromatic nitrogens is 3. The number of rotatable bonds is 3. The van der Waals surface area contributed by atoms with Gasteiger partial charge in [0.2, 0.25) is 0 Å². The second-order valence-corrected chi connectivity index (χ2v) is 5.04. The van der Waals surface area contributed by atoms with Gasteiger partial charge in [0.05, 0.1) is 18.2 Å². The predicted octanol–water partition coefficient (Wildman–Crippen LogP) is 1.40. The van der Waals surface area contributed by atoms with E-state index in [1.54, 1.807) is 0 Å². The lowest BCUT2D eigenvalue weighted by Crippen LogP contribution is -2.19. The van der Waals surface area contributed by atoms with Crippen LogP contribution in [-0.4, -0.2) is 32.7 Å². The van der Waals surface area contributed by atoms with Gasteiger partial charge in [0.1, 0.15) is 5.65 Å². The topological polar surface area (TPSA) is 77.2 Å². The number of hydrogen-bond acceptors (Lipinski definition) is 4. The zero-order valence-electron chi connectivity index (χ0n) is 11.1. The lowest BCUT2D eigenvalue weighted by molar-refractivity contribution is -0.140. The monoisotopic (exact) mass is 261 g/mol. The molecule has 0 saturated heterocycles. The van der Waals surface area contributed by atoms with E-state index < -0.39 is 11.4 Å². The van der Waals surface area contributed by atoms with E-state index in [0.29, 0.717) is 24.5 Å². The molecule has 6 nitrogen and oxygen atoms in total. The van der Waals surface area contributed by atoms with Gasteiger partial charge in [-0.15, -0.1) is 0 Å². The lowest BCUT2D eigenvalue weighted by atomic mass is 9.96. The van der Waals surface area contributed by atoms with E-state index >= 15 is 0 Å². The van der Waals surface area contributed by atoms with Crippen LogP contribution in [0.25, 0.3) is 11.0 Å². The maximum absolute atomic E-state index is 11.5. The zero-order chi connectivity index (χ0) is 13.8. The van der Waals surface area contributed by atoms with Crippen molar-refractivity contribution >= 4 is 17.0 Å². The van der Waals surface area contributed by atoms with E-state index in [1.165, 1.54) is 7.11 Å². The van der Waals surface area contributed by atoms with Crippen molar-refractivity contribution in [2.45, 2.75) is 25.2 Å². The molecule has 0 aliphatic heterocycles. The molecular formula is C13H15N3O3. The number of aryl methyl sites for hydroxylation is 2. The SMILES string of the molecule is COc1nc(C)c2c(C3(C(=O)O)CC3)cn(C)c2n1. The molecule has 1 aliphatic rings. The molecule has 3 rings (SSSR count). The van der Waals surface area contributed by atoms with E-state index in [-0.39, 0.29) is 0 Å². The van der Waals surface area contributed by atoms with E-state index in [9.17, 15) is 9.90 Å². The third-order valence-electron chi connectivity index (χ3n) is 3.83. The molecule has 1 fully saturated rings. The Bertz CT molecular complexity index is 686. The molecular weight excluding hydrogens is 246 g/mol. The van der Waals surface area contributed by atoms with Crippen molar-refractivity contribution in [1.29, 1.82) is 0 Å². The minimum atomic E-state index is -0.768. The van der Waals surface area contributed by atoms with Gasteiger partial charge in [-0.25, -0.2) is 0 Å². The fraction of sp³-hybridized carbons (Fsp3) is 0.462. The van der Waals surface area contributed by atoms with Crippen molar-refractivity contribution < 1.29 is 14.6 Å². The van der Waals surface area contributed by atoms with E-state index in [1.807, 2.05) is 24.7 Å². The highest BCUT2D eigenvalue weighted by atomic mass is 16.5. The third-order valence-corrected chi connectivity index (χ3v) is 3.83. The van der Waals surface area contributed by atoms with Crippen LogP contribution in [0.5, 0.6) is 6.01 Å². The van der Waals surface area contributed by atoms with Gasteiger partial charge in [-0.3, -0.25) is 4.79 Å². The van der Waals surface area contributed by atoms with Gasteiger partial charge in [-0.05, 0) is 25.3 Å². The van der Waals surface area contributed by atoms with Crippen LogP contribution in [0.4, 0.5) is 0 Å². The first-order valence-electron chi connectivity index (χ1n) is 6.11. The Labute approximate surface area is 110 Å². The van der Waals surface area contributed by atoms with Crippen LogP contribution in [0.3, 0.4) is 0 Å². The van der Waals surface area contributed by atoms with E-state index in [2.05, 4.69) is 9.97 Å². The van der Waals surface area contributed by atoms with Crippen LogP contribution in [0.2, 0.25) is 0 Å². The fourth-order valence-corrected chi connectivity index (χ4v) is 2.60. The maximum atomic E-state index is 11.5. The number of hydrogen-bond donors (Lipinski definition) is 1. The van der Waals surface area contributed by atoms with Crippen molar-refractivity contribution in [2.75, 3.05) is 7.11 Å². The highest BCUT2D eigenvalue weighted by molar-refractivity contribution is 5.94. The van der Waals surface area contributed by atoms with Gasteiger partial charge >= 0.3 is 12.0 Å². The van der Waals surface area contributed by atoms with Gasteiger partial charge < -0.3 is 14.4 Å². The minimum absolute atomic E-state index is 0.304. The third kappa shape index (κ3) is 1.52. The Morgan fingerprint density at radius 2 is 2.16 bits per heavy atom. The highest BCUT2D eigenvalue weighted by Crippen LogP contribution is 2.51. The maximum Gasteiger partial charge on any atom is 0.318 e. The average Bonchev–Trinajstić information content (AvgIpc) is 3.11. The van der Waals surface area contributed by atoms with Gasteiger partial charge in [-0.2, -0.15) is 9.97 Å². The summed E-state index contributed by atoms with van der Waals surface area (Å²) in [6.07, 6.45) is 3.20. The minimum Gasteiger partial charge on any atom is -0.481 e. The number of methoxy groups -OCH3 is 1. The van der Waals surface area contributed by atoms with Crippen molar-refractivity contribution in [3.05, 3.63) is 17.5 Å². The summed E-state index contributed by atoms with van der Waals surface area (Å²) in [5.74, 6) is -0.768. The second-order valence-electron chi connectivity index (χ2n) is 5.04. The molecule has 0 atom stereocenters. The predicted molar refractivity (Wildman–Crippen MR) is 68.3 cm³/mol. The summed E-state index contributed by atoms with van der Waals surface area (Å²) in [6.45, 7) is 1.86. The molecule has 0 radical (unpaired) electrons. The molecule has 1 saturated carbocycles. The number of nitrogens with zero attached hydrogens (tertiary/aromatic N) is 3. The number of aliphatic carboxylic acids is 1. The molecule has 100 valence electrons. The van der Waals surface area contributed by atoms with Crippen LogP contribution < -0.4 is 4.74 Å². The van der Waals surface area contributed by atoms with Crippen molar-refractivity contribution in [3.8, 4) is 6.01 Å². The summed E-state index contributed by atoms with van der Waals surface area (Å²) in [6, 6.07) is 0.304. The molecule has 6 heteroatoms. The highest BCUT2D eigenvalue weighted by Gasteiger charge is 2.53. The molecule has 0 unspecified atom stereocenters. The summed E-state index contributed by atoms with van der Waals surface area (Å²) in [5.41, 5.74) is 1.54. The number of ether oxygens (including phenoxy) is 1. The van der Waals surface area contributed by atoms with Gasteiger partial charge in [0.25, 0.3) is 0 Å². The molecule has 0 bridgehead atoms. The molecule has 0 amide bonds. The van der Waals surface area contributed by atoms with Gasteiger partial charge in [0.15, 0.2) is 0 Å². The first-order chi connectivity index (χ1) is 8.99. The Balaban J connectivity index is 2.31. The van der Waals surface area contributed by atoms with E-state index in [0.717, 1.165) is 16.6 Å². The Morgan fingerprint density at radius 1 is 1.47 bits per heavy atom. The molecule has 0 spiro atoms. The fourth-order valence-electron chi connectivity index (χ4n) is 2.60. The Kier molecular flexibility index (Phi) is 2.32. The molecule has 2 aromatic heterocycles. The lowest BCUT2D eigenvalue weighted by Gasteiger charge is -2.09. The second kappa shape index (κ2) is 3.69. The van der Waals surface area contributed by atoms with Crippen molar-refractivity contribution in [3.63, 3.8) is 0 Å². The summed E-state index contributed by atoms with van der Waals surface area (Å²) in [7, 11) is 3.37. The largest absolute Gasteiger partial charge is 0.481 e.